The van der Waals surface area contributed by atoms with Crippen LogP contribution in [0.5, 0.6) is 11.5 Å². The quantitative estimate of drug-likeness (QED) is 0.184. The Morgan fingerprint density at radius 2 is 0.830 bits per heavy atom. The molecule has 218 valence electrons. The van der Waals surface area contributed by atoms with E-state index in [1.165, 1.54) is 82.0 Å². The molecule has 0 fully saturated rings. The molecule has 1 heterocycles. The van der Waals surface area contributed by atoms with Gasteiger partial charge >= 0.3 is 0 Å². The summed E-state index contributed by atoms with van der Waals surface area (Å²) in [7, 11) is 0. The first-order valence-electron chi connectivity index (χ1n) is 16.2. The summed E-state index contributed by atoms with van der Waals surface area (Å²) in [6.45, 7) is 0. The van der Waals surface area contributed by atoms with Crippen LogP contribution in [-0.4, -0.2) is 0 Å². The van der Waals surface area contributed by atoms with Crippen LogP contribution in [0.15, 0.2) is 170 Å². The highest BCUT2D eigenvalue weighted by Gasteiger charge is 2.23. The molecule has 0 spiro atoms. The first-order valence-corrected chi connectivity index (χ1v) is 16.2. The van der Waals surface area contributed by atoms with Crippen molar-refractivity contribution in [2.24, 2.45) is 0 Å². The normalized spacial score (nSPS) is 12.0. The van der Waals surface area contributed by atoms with Gasteiger partial charge in [-0.2, -0.15) is 0 Å². The highest BCUT2D eigenvalue weighted by molar-refractivity contribution is 6.18. The van der Waals surface area contributed by atoms with Gasteiger partial charge in [-0.05, 0) is 125 Å². The van der Waals surface area contributed by atoms with E-state index in [4.69, 9.17) is 4.74 Å². The van der Waals surface area contributed by atoms with Crippen LogP contribution in [0.1, 0.15) is 0 Å². The topological polar surface area (TPSA) is 9.23 Å². The van der Waals surface area contributed by atoms with Gasteiger partial charge in [0.1, 0.15) is 11.5 Å². The lowest BCUT2D eigenvalue weighted by Gasteiger charge is -2.24. The van der Waals surface area contributed by atoms with E-state index < -0.39 is 0 Å². The monoisotopic (exact) mass is 596 g/mol. The molecule has 0 N–H and O–H groups in total. The van der Waals surface area contributed by atoms with Gasteiger partial charge < -0.3 is 4.74 Å². The summed E-state index contributed by atoms with van der Waals surface area (Å²) < 4.78 is 6.65. The van der Waals surface area contributed by atoms with Crippen LogP contribution >= 0.6 is 0 Å². The van der Waals surface area contributed by atoms with Crippen molar-refractivity contribution in [3.05, 3.63) is 170 Å². The summed E-state index contributed by atoms with van der Waals surface area (Å²) in [5.74, 6) is 1.81. The van der Waals surface area contributed by atoms with Gasteiger partial charge in [-0.3, -0.25) is 0 Å². The molecule has 0 bridgehead atoms. The maximum absolute atomic E-state index is 6.65. The van der Waals surface area contributed by atoms with Gasteiger partial charge in [-0.25, -0.2) is 0 Å². The number of rotatable bonds is 3. The van der Waals surface area contributed by atoms with E-state index in [2.05, 4.69) is 170 Å². The first-order chi connectivity index (χ1) is 23.2. The second kappa shape index (κ2) is 10.2. The molecule has 0 unspecified atom stereocenters. The smallest absolute Gasteiger partial charge is 0.136 e. The van der Waals surface area contributed by atoms with Gasteiger partial charge in [0, 0.05) is 10.9 Å². The minimum absolute atomic E-state index is 0.892. The number of benzene rings is 9. The zero-order chi connectivity index (χ0) is 30.9. The second-order valence-corrected chi connectivity index (χ2v) is 12.6. The van der Waals surface area contributed by atoms with Crippen molar-refractivity contribution in [3.63, 3.8) is 0 Å². The average molecular weight is 597 g/mol. The Kier molecular flexibility index (Phi) is 5.64. The Hall–Kier alpha value is -6.18. The molecule has 0 saturated carbocycles. The highest BCUT2D eigenvalue weighted by Crippen LogP contribution is 2.51. The van der Waals surface area contributed by atoms with Crippen molar-refractivity contribution < 1.29 is 4.74 Å². The Morgan fingerprint density at radius 3 is 1.57 bits per heavy atom. The summed E-state index contributed by atoms with van der Waals surface area (Å²) in [5, 5.41) is 9.81. The molecule has 0 amide bonds. The molecule has 10 rings (SSSR count). The maximum atomic E-state index is 6.65. The molecular weight excluding hydrogens is 569 g/mol. The molecule has 0 saturated heterocycles. The van der Waals surface area contributed by atoms with Gasteiger partial charge in [0.2, 0.25) is 0 Å². The van der Waals surface area contributed by atoms with Crippen molar-refractivity contribution in [2.45, 2.75) is 0 Å². The predicted octanol–water partition coefficient (Wildman–Crippen LogP) is 13.1. The SMILES string of the molecule is c1ccc(-c2cc3c4c(cc5ccccc5c4c2)Oc2ccc(-c4ccc5cc(-c6ccc7ccccc7c6)ccc5c4)cc2-3)cc1. The van der Waals surface area contributed by atoms with Crippen LogP contribution < -0.4 is 4.74 Å². The van der Waals surface area contributed by atoms with Gasteiger partial charge in [0.05, 0.1) is 0 Å². The first kappa shape index (κ1) is 26.1. The number of hydrogen-bond donors (Lipinski definition) is 0. The molecular formula is C46H28O. The fourth-order valence-electron chi connectivity index (χ4n) is 7.39. The lowest BCUT2D eigenvalue weighted by Crippen LogP contribution is -1.99. The number of hydrogen-bond acceptors (Lipinski definition) is 1. The van der Waals surface area contributed by atoms with Gasteiger partial charge in [0.25, 0.3) is 0 Å². The van der Waals surface area contributed by atoms with E-state index in [1.807, 2.05) is 0 Å². The summed E-state index contributed by atoms with van der Waals surface area (Å²) in [4.78, 5) is 0. The molecule has 0 radical (unpaired) electrons. The van der Waals surface area contributed by atoms with E-state index in [0.29, 0.717) is 0 Å². The van der Waals surface area contributed by atoms with Crippen molar-refractivity contribution in [1.82, 2.24) is 0 Å². The van der Waals surface area contributed by atoms with E-state index >= 15 is 0 Å². The molecule has 0 aromatic heterocycles. The van der Waals surface area contributed by atoms with Crippen molar-refractivity contribution in [3.8, 4) is 56.0 Å². The second-order valence-electron chi connectivity index (χ2n) is 12.6. The lowest BCUT2D eigenvalue weighted by molar-refractivity contribution is 0.488. The molecule has 9 aromatic rings. The van der Waals surface area contributed by atoms with Gasteiger partial charge in [-0.1, -0.05) is 121 Å². The van der Waals surface area contributed by atoms with Gasteiger partial charge in [-0.15, -0.1) is 0 Å². The molecule has 1 heteroatoms. The van der Waals surface area contributed by atoms with Crippen molar-refractivity contribution in [1.29, 1.82) is 0 Å². The predicted molar refractivity (Wildman–Crippen MR) is 198 cm³/mol. The van der Waals surface area contributed by atoms with E-state index in [0.717, 1.165) is 17.1 Å². The molecule has 1 aliphatic heterocycles. The Morgan fingerprint density at radius 1 is 0.277 bits per heavy atom. The Bertz CT molecular complexity index is 2700. The largest absolute Gasteiger partial charge is 0.456 e. The summed E-state index contributed by atoms with van der Waals surface area (Å²) >= 11 is 0. The Balaban J connectivity index is 1.10. The van der Waals surface area contributed by atoms with Crippen LogP contribution in [0.4, 0.5) is 0 Å². The third kappa shape index (κ3) is 4.25. The fraction of sp³-hybridized carbons (Fsp3) is 0. The van der Waals surface area contributed by atoms with Crippen molar-refractivity contribution in [2.75, 3.05) is 0 Å². The summed E-state index contributed by atoms with van der Waals surface area (Å²) in [5.41, 5.74) is 9.60. The van der Waals surface area contributed by atoms with E-state index in [9.17, 15) is 0 Å². The van der Waals surface area contributed by atoms with Crippen LogP contribution in [-0.2, 0) is 0 Å². The summed E-state index contributed by atoms with van der Waals surface area (Å²) in [6, 6.07) is 61.6. The van der Waals surface area contributed by atoms with Crippen LogP contribution in [0.3, 0.4) is 0 Å². The highest BCUT2D eigenvalue weighted by atomic mass is 16.5. The molecule has 1 nitrogen and oxygen atoms in total. The number of ether oxygens (including phenoxy) is 1. The van der Waals surface area contributed by atoms with Crippen LogP contribution in [0.25, 0.3) is 87.6 Å². The zero-order valence-corrected chi connectivity index (χ0v) is 25.6. The van der Waals surface area contributed by atoms with Crippen molar-refractivity contribution >= 4 is 43.1 Å². The lowest BCUT2D eigenvalue weighted by atomic mass is 9.87. The Labute approximate surface area is 272 Å². The van der Waals surface area contributed by atoms with Crippen LogP contribution in [0.2, 0.25) is 0 Å². The molecule has 1 aliphatic rings. The molecule has 47 heavy (non-hydrogen) atoms. The maximum Gasteiger partial charge on any atom is 0.136 e. The standard InChI is InChI=1S/C46H28O/c1-2-8-29(9-3-1)39-26-42-40-13-7-6-12-38(40)28-45-46(42)43(27-39)41-25-37(20-21-44(41)47-45)36-19-18-34-23-33(16-17-35(34)24-36)32-15-14-30-10-4-5-11-31(30)22-32/h1-28H. The molecule has 0 atom stereocenters. The van der Waals surface area contributed by atoms with Gasteiger partial charge in [0.15, 0.2) is 0 Å². The summed E-state index contributed by atoms with van der Waals surface area (Å²) in [6.07, 6.45) is 0. The molecule has 9 aromatic carbocycles. The number of fused-ring (bicyclic) bond motifs is 6. The van der Waals surface area contributed by atoms with Crippen LogP contribution in [0, 0.1) is 0 Å². The third-order valence-electron chi connectivity index (χ3n) is 9.78. The third-order valence-corrected chi connectivity index (χ3v) is 9.78. The average Bonchev–Trinajstić information content (AvgIpc) is 3.14. The minimum Gasteiger partial charge on any atom is -0.456 e. The zero-order valence-electron chi connectivity index (χ0n) is 25.6. The molecule has 0 aliphatic carbocycles. The minimum atomic E-state index is 0.892. The van der Waals surface area contributed by atoms with E-state index in [-0.39, 0.29) is 0 Å². The fourth-order valence-corrected chi connectivity index (χ4v) is 7.39. The van der Waals surface area contributed by atoms with E-state index in [1.54, 1.807) is 0 Å².